The van der Waals surface area contributed by atoms with Crippen molar-refractivity contribution in [3.05, 3.63) is 29.6 Å². The highest BCUT2D eigenvalue weighted by Crippen LogP contribution is 2.27. The molecule has 0 atom stereocenters. The zero-order valence-corrected chi connectivity index (χ0v) is 13.1. The van der Waals surface area contributed by atoms with Crippen LogP contribution in [0.4, 0.5) is 10.1 Å². The zero-order valence-electron chi connectivity index (χ0n) is 13.1. The van der Waals surface area contributed by atoms with E-state index in [1.807, 2.05) is 13.1 Å². The number of anilines is 1. The number of ether oxygens (including phenoxy) is 1. The Morgan fingerprint density at radius 1 is 1.30 bits per heavy atom. The van der Waals surface area contributed by atoms with Crippen LogP contribution in [0.2, 0.25) is 0 Å². The second kappa shape index (κ2) is 8.93. The van der Waals surface area contributed by atoms with Gasteiger partial charge in [0.15, 0.2) is 0 Å². The van der Waals surface area contributed by atoms with Crippen LogP contribution in [-0.2, 0) is 11.3 Å². The van der Waals surface area contributed by atoms with Gasteiger partial charge in [0.1, 0.15) is 5.82 Å². The number of nitrogens with one attached hydrogen (secondary N) is 1. The lowest BCUT2D eigenvalue weighted by atomic mass is 10.1. The summed E-state index contributed by atoms with van der Waals surface area (Å²) in [7, 11) is 3.54. The van der Waals surface area contributed by atoms with E-state index < -0.39 is 0 Å². The minimum Gasteiger partial charge on any atom is -0.383 e. The van der Waals surface area contributed by atoms with Crippen LogP contribution in [0, 0.1) is 5.82 Å². The van der Waals surface area contributed by atoms with E-state index >= 15 is 0 Å². The molecule has 0 amide bonds. The van der Waals surface area contributed by atoms with Crippen LogP contribution < -0.4 is 10.2 Å². The number of hydrogen-bond donors (Lipinski definition) is 1. The monoisotopic (exact) mass is 282 g/mol. The standard InChI is InChI=1S/C16H27FN2O/c1-5-13(6-2)19(10-11-20-4)16-9-7-8-15(17)14(16)12-18-3/h7-9,13,18H,5-6,10-12H2,1-4H3. The fraction of sp³-hybridized carbons (Fsp3) is 0.625. The highest BCUT2D eigenvalue weighted by molar-refractivity contribution is 5.55. The Hall–Kier alpha value is -1.13. The first-order chi connectivity index (χ1) is 9.69. The van der Waals surface area contributed by atoms with Crippen molar-refractivity contribution < 1.29 is 9.13 Å². The molecule has 1 N–H and O–H groups in total. The molecule has 0 aliphatic rings. The molecule has 0 aliphatic carbocycles. The Kier molecular flexibility index (Phi) is 7.55. The number of hydrogen-bond acceptors (Lipinski definition) is 3. The average Bonchev–Trinajstić information content (AvgIpc) is 2.46. The molecule has 4 heteroatoms. The highest BCUT2D eigenvalue weighted by Gasteiger charge is 2.19. The summed E-state index contributed by atoms with van der Waals surface area (Å²) in [6, 6.07) is 5.72. The molecule has 114 valence electrons. The molecule has 0 spiro atoms. The summed E-state index contributed by atoms with van der Waals surface area (Å²) >= 11 is 0. The van der Waals surface area contributed by atoms with Gasteiger partial charge < -0.3 is 15.0 Å². The normalized spacial score (nSPS) is 11.1. The van der Waals surface area contributed by atoms with Gasteiger partial charge in [0, 0.05) is 37.5 Å². The van der Waals surface area contributed by atoms with Gasteiger partial charge in [-0.15, -0.1) is 0 Å². The molecule has 0 fully saturated rings. The number of nitrogens with zero attached hydrogens (tertiary/aromatic N) is 1. The van der Waals surface area contributed by atoms with Crippen LogP contribution in [0.5, 0.6) is 0 Å². The molecule has 1 aromatic rings. The lowest BCUT2D eigenvalue weighted by Gasteiger charge is -2.34. The van der Waals surface area contributed by atoms with Crippen molar-refractivity contribution in [3.63, 3.8) is 0 Å². The fourth-order valence-corrected chi connectivity index (χ4v) is 2.59. The summed E-state index contributed by atoms with van der Waals surface area (Å²) in [4.78, 5) is 2.28. The summed E-state index contributed by atoms with van der Waals surface area (Å²) in [5.41, 5.74) is 1.71. The minimum absolute atomic E-state index is 0.148. The molecule has 0 aromatic heterocycles. The summed E-state index contributed by atoms with van der Waals surface area (Å²) in [6.07, 6.45) is 2.07. The first kappa shape index (κ1) is 16.9. The van der Waals surface area contributed by atoms with Gasteiger partial charge in [-0.3, -0.25) is 0 Å². The Labute approximate surface area is 122 Å². The largest absolute Gasteiger partial charge is 0.383 e. The summed E-state index contributed by atoms with van der Waals surface area (Å²) < 4.78 is 19.3. The maximum absolute atomic E-state index is 14.1. The molecule has 1 aromatic carbocycles. The van der Waals surface area contributed by atoms with Gasteiger partial charge in [0.2, 0.25) is 0 Å². The van der Waals surface area contributed by atoms with Crippen molar-refractivity contribution in [1.29, 1.82) is 0 Å². The maximum atomic E-state index is 14.1. The highest BCUT2D eigenvalue weighted by atomic mass is 19.1. The molecule has 0 heterocycles. The lowest BCUT2D eigenvalue weighted by molar-refractivity contribution is 0.202. The first-order valence-corrected chi connectivity index (χ1v) is 7.37. The van der Waals surface area contributed by atoms with E-state index in [4.69, 9.17) is 4.74 Å². The molecule has 0 saturated carbocycles. The molecule has 0 unspecified atom stereocenters. The predicted octanol–water partition coefficient (Wildman–Crippen LogP) is 3.19. The van der Waals surface area contributed by atoms with Gasteiger partial charge in [-0.05, 0) is 32.0 Å². The van der Waals surface area contributed by atoms with E-state index in [-0.39, 0.29) is 5.82 Å². The van der Waals surface area contributed by atoms with Crippen LogP contribution in [0.1, 0.15) is 32.3 Å². The van der Waals surface area contributed by atoms with E-state index in [0.29, 0.717) is 19.2 Å². The molecule has 0 bridgehead atoms. The molecule has 1 rings (SSSR count). The molecular formula is C16H27FN2O. The van der Waals surface area contributed by atoms with Gasteiger partial charge in [-0.25, -0.2) is 4.39 Å². The van der Waals surface area contributed by atoms with E-state index in [9.17, 15) is 4.39 Å². The fourth-order valence-electron chi connectivity index (χ4n) is 2.59. The van der Waals surface area contributed by atoms with E-state index in [1.54, 1.807) is 13.2 Å². The van der Waals surface area contributed by atoms with Gasteiger partial charge in [0.25, 0.3) is 0 Å². The van der Waals surface area contributed by atoms with E-state index in [2.05, 4.69) is 24.1 Å². The predicted molar refractivity (Wildman–Crippen MR) is 82.8 cm³/mol. The van der Waals surface area contributed by atoms with Crippen molar-refractivity contribution >= 4 is 5.69 Å². The van der Waals surface area contributed by atoms with Crippen LogP contribution >= 0.6 is 0 Å². The van der Waals surface area contributed by atoms with Crippen molar-refractivity contribution in [1.82, 2.24) is 5.32 Å². The molecule has 20 heavy (non-hydrogen) atoms. The van der Waals surface area contributed by atoms with E-state index in [1.165, 1.54) is 6.07 Å². The lowest BCUT2D eigenvalue weighted by Crippen LogP contribution is -2.38. The molecule has 0 radical (unpaired) electrons. The van der Waals surface area contributed by atoms with Crippen LogP contribution in [0.25, 0.3) is 0 Å². The number of benzene rings is 1. The molecule has 0 aliphatic heterocycles. The summed E-state index contributed by atoms with van der Waals surface area (Å²) in [5, 5.41) is 3.05. The first-order valence-electron chi connectivity index (χ1n) is 7.37. The Morgan fingerprint density at radius 3 is 2.55 bits per heavy atom. The van der Waals surface area contributed by atoms with Crippen molar-refractivity contribution in [2.24, 2.45) is 0 Å². The van der Waals surface area contributed by atoms with Gasteiger partial charge in [0.05, 0.1) is 6.61 Å². The van der Waals surface area contributed by atoms with Gasteiger partial charge in [-0.2, -0.15) is 0 Å². The van der Waals surface area contributed by atoms with Crippen molar-refractivity contribution in [2.75, 3.05) is 32.2 Å². The van der Waals surface area contributed by atoms with Crippen LogP contribution in [0.15, 0.2) is 18.2 Å². The van der Waals surface area contributed by atoms with Gasteiger partial charge in [-0.1, -0.05) is 19.9 Å². The van der Waals surface area contributed by atoms with Gasteiger partial charge >= 0.3 is 0 Å². The molecular weight excluding hydrogens is 255 g/mol. The average molecular weight is 282 g/mol. The molecule has 0 saturated heterocycles. The summed E-state index contributed by atoms with van der Waals surface area (Å²) in [5.74, 6) is -0.148. The zero-order chi connectivity index (χ0) is 15.0. The Morgan fingerprint density at radius 2 is 2.00 bits per heavy atom. The third-order valence-electron chi connectivity index (χ3n) is 3.68. The minimum atomic E-state index is -0.148. The summed E-state index contributed by atoms with van der Waals surface area (Å²) in [6.45, 7) is 6.30. The quantitative estimate of drug-likeness (QED) is 0.753. The second-order valence-electron chi connectivity index (χ2n) is 4.92. The SMILES string of the molecule is CCC(CC)N(CCOC)c1cccc(F)c1CNC. The Balaban J connectivity index is 3.14. The van der Waals surface area contributed by atoms with Crippen molar-refractivity contribution in [2.45, 2.75) is 39.3 Å². The maximum Gasteiger partial charge on any atom is 0.129 e. The number of rotatable bonds is 9. The number of halogens is 1. The smallest absolute Gasteiger partial charge is 0.129 e. The van der Waals surface area contributed by atoms with E-state index in [0.717, 1.165) is 30.6 Å². The second-order valence-corrected chi connectivity index (χ2v) is 4.92. The van der Waals surface area contributed by atoms with Crippen LogP contribution in [0.3, 0.4) is 0 Å². The van der Waals surface area contributed by atoms with Crippen molar-refractivity contribution in [3.8, 4) is 0 Å². The molecule has 3 nitrogen and oxygen atoms in total. The topological polar surface area (TPSA) is 24.5 Å². The van der Waals surface area contributed by atoms with Crippen LogP contribution in [-0.4, -0.2) is 33.4 Å². The third-order valence-corrected chi connectivity index (χ3v) is 3.68. The number of methoxy groups -OCH3 is 1. The Bertz CT molecular complexity index is 394. The third kappa shape index (κ3) is 4.18.